The molecule has 1 heterocycles. The van der Waals surface area contributed by atoms with E-state index in [1.54, 1.807) is 7.11 Å². The van der Waals surface area contributed by atoms with Crippen LogP contribution in [0, 0.1) is 0 Å². The van der Waals surface area contributed by atoms with Crippen molar-refractivity contribution in [3.05, 3.63) is 0 Å². The molecule has 16 heavy (non-hydrogen) atoms. The Hall–Kier alpha value is -0.650. The maximum atomic E-state index is 11.3. The molecule has 1 rings (SSSR count). The molecular weight excluding hydrogens is 210 g/mol. The van der Waals surface area contributed by atoms with Crippen molar-refractivity contribution in [2.45, 2.75) is 31.5 Å². The molecule has 0 radical (unpaired) electrons. The summed E-state index contributed by atoms with van der Waals surface area (Å²) in [5.41, 5.74) is -1.44. The van der Waals surface area contributed by atoms with Gasteiger partial charge in [0.05, 0.1) is 13.2 Å². The number of likely N-dealkylation sites (tertiary alicyclic amines) is 1. The Morgan fingerprint density at radius 2 is 2.25 bits per heavy atom. The van der Waals surface area contributed by atoms with Crippen LogP contribution in [0.1, 0.15) is 19.8 Å². The molecule has 2 unspecified atom stereocenters. The minimum absolute atomic E-state index is 0.196. The summed E-state index contributed by atoms with van der Waals surface area (Å²) < 4.78 is 9.85. The van der Waals surface area contributed by atoms with Crippen LogP contribution in [0.4, 0.5) is 0 Å². The number of methoxy groups -OCH3 is 2. The van der Waals surface area contributed by atoms with Crippen LogP contribution < -0.4 is 0 Å². The predicted molar refractivity (Wildman–Crippen MR) is 59.1 cm³/mol. The van der Waals surface area contributed by atoms with Gasteiger partial charge in [-0.3, -0.25) is 4.90 Å². The van der Waals surface area contributed by atoms with Crippen LogP contribution >= 0.6 is 0 Å². The first-order chi connectivity index (χ1) is 7.49. The quantitative estimate of drug-likeness (QED) is 0.691. The summed E-state index contributed by atoms with van der Waals surface area (Å²) in [6.45, 7) is 3.41. The van der Waals surface area contributed by atoms with Crippen molar-refractivity contribution in [2.24, 2.45) is 0 Å². The second kappa shape index (κ2) is 5.61. The summed E-state index contributed by atoms with van der Waals surface area (Å²) in [6, 6.07) is 0. The summed E-state index contributed by atoms with van der Waals surface area (Å²) in [6.07, 6.45) is 2.26. The van der Waals surface area contributed by atoms with Crippen molar-refractivity contribution in [2.75, 3.05) is 33.9 Å². The first-order valence-electron chi connectivity index (χ1n) is 5.55. The number of hydrogen-bond donors (Lipinski definition) is 1. The van der Waals surface area contributed by atoms with E-state index < -0.39 is 11.6 Å². The number of piperidine rings is 1. The molecule has 0 aromatic rings. The molecule has 0 aromatic heterocycles. The zero-order chi connectivity index (χ0) is 12.2. The van der Waals surface area contributed by atoms with Crippen LogP contribution in [0.15, 0.2) is 0 Å². The average Bonchev–Trinajstić information content (AvgIpc) is 2.27. The van der Waals surface area contributed by atoms with Gasteiger partial charge in [-0.1, -0.05) is 0 Å². The second-order valence-corrected chi connectivity index (χ2v) is 4.50. The molecule has 1 aliphatic rings. The lowest BCUT2D eigenvalue weighted by atomic mass is 10.0. The van der Waals surface area contributed by atoms with Gasteiger partial charge in [-0.25, -0.2) is 4.79 Å². The van der Waals surface area contributed by atoms with Gasteiger partial charge in [0.2, 0.25) is 0 Å². The molecule has 1 N–H and O–H groups in total. The van der Waals surface area contributed by atoms with Gasteiger partial charge in [-0.05, 0) is 26.3 Å². The van der Waals surface area contributed by atoms with E-state index in [0.29, 0.717) is 6.54 Å². The Morgan fingerprint density at radius 3 is 2.81 bits per heavy atom. The zero-order valence-corrected chi connectivity index (χ0v) is 10.2. The van der Waals surface area contributed by atoms with Crippen molar-refractivity contribution in [3.63, 3.8) is 0 Å². The number of carbonyl (C=O) groups is 1. The lowest BCUT2D eigenvalue weighted by Crippen LogP contribution is -2.51. The lowest BCUT2D eigenvalue weighted by Gasteiger charge is -2.35. The van der Waals surface area contributed by atoms with E-state index in [1.807, 2.05) is 4.90 Å². The molecule has 0 aliphatic carbocycles. The molecule has 94 valence electrons. The van der Waals surface area contributed by atoms with Crippen LogP contribution in [0.5, 0.6) is 0 Å². The van der Waals surface area contributed by atoms with Crippen molar-refractivity contribution in [1.29, 1.82) is 0 Å². The summed E-state index contributed by atoms with van der Waals surface area (Å²) in [5, 5.41) is 9.94. The Labute approximate surface area is 96.3 Å². The molecule has 1 fully saturated rings. The Balaban J connectivity index is 2.49. The Kier molecular flexibility index (Phi) is 4.70. The molecule has 2 atom stereocenters. The highest BCUT2D eigenvalue weighted by atomic mass is 16.5. The van der Waals surface area contributed by atoms with Crippen molar-refractivity contribution >= 4 is 5.97 Å². The molecule has 0 bridgehead atoms. The number of carbonyl (C=O) groups excluding carboxylic acids is 1. The van der Waals surface area contributed by atoms with Gasteiger partial charge in [-0.15, -0.1) is 0 Å². The number of esters is 1. The minimum Gasteiger partial charge on any atom is -0.467 e. The van der Waals surface area contributed by atoms with E-state index in [2.05, 4.69) is 4.74 Å². The van der Waals surface area contributed by atoms with Crippen LogP contribution in [0.25, 0.3) is 0 Å². The third-order valence-corrected chi connectivity index (χ3v) is 2.95. The normalized spacial score (nSPS) is 26.1. The number of aliphatic hydroxyl groups is 1. The van der Waals surface area contributed by atoms with Gasteiger partial charge in [0.25, 0.3) is 0 Å². The first kappa shape index (κ1) is 13.4. The molecule has 1 saturated heterocycles. The molecule has 0 spiro atoms. The van der Waals surface area contributed by atoms with E-state index >= 15 is 0 Å². The number of β-amino-alcohol motifs (C(OH)–C–C–N with tert-alkyl or cyclic N) is 1. The molecule has 5 heteroatoms. The Morgan fingerprint density at radius 1 is 1.56 bits per heavy atom. The fraction of sp³-hybridized carbons (Fsp3) is 0.909. The molecule has 1 aliphatic heterocycles. The van der Waals surface area contributed by atoms with Crippen molar-refractivity contribution in [3.8, 4) is 0 Å². The van der Waals surface area contributed by atoms with E-state index in [1.165, 1.54) is 14.0 Å². The molecule has 0 amide bonds. The number of nitrogens with zero attached hydrogens (tertiary/aromatic N) is 1. The van der Waals surface area contributed by atoms with Crippen LogP contribution in [-0.2, 0) is 14.3 Å². The molecular formula is C11H21NO4. The summed E-state index contributed by atoms with van der Waals surface area (Å²) in [4.78, 5) is 13.4. The Bertz CT molecular complexity index is 242. The summed E-state index contributed by atoms with van der Waals surface area (Å²) >= 11 is 0. The summed E-state index contributed by atoms with van der Waals surface area (Å²) in [7, 11) is 2.97. The highest BCUT2D eigenvalue weighted by Gasteiger charge is 2.35. The first-order valence-corrected chi connectivity index (χ1v) is 5.55. The largest absolute Gasteiger partial charge is 0.467 e. The van der Waals surface area contributed by atoms with E-state index in [0.717, 1.165) is 25.9 Å². The highest BCUT2D eigenvalue weighted by Crippen LogP contribution is 2.16. The van der Waals surface area contributed by atoms with Gasteiger partial charge in [0.15, 0.2) is 5.60 Å². The van der Waals surface area contributed by atoms with Gasteiger partial charge < -0.3 is 14.6 Å². The molecule has 0 saturated carbocycles. The lowest BCUT2D eigenvalue weighted by molar-refractivity contribution is -0.163. The third kappa shape index (κ3) is 3.43. The molecule has 0 aromatic carbocycles. The van der Waals surface area contributed by atoms with Crippen molar-refractivity contribution in [1.82, 2.24) is 4.90 Å². The topological polar surface area (TPSA) is 59.0 Å². The monoisotopic (exact) mass is 231 g/mol. The number of hydrogen-bond acceptors (Lipinski definition) is 5. The minimum atomic E-state index is -1.44. The van der Waals surface area contributed by atoms with Crippen LogP contribution in [0.2, 0.25) is 0 Å². The van der Waals surface area contributed by atoms with Crippen molar-refractivity contribution < 1.29 is 19.4 Å². The maximum absolute atomic E-state index is 11.3. The number of ether oxygens (including phenoxy) is 2. The van der Waals surface area contributed by atoms with Gasteiger partial charge in [0, 0.05) is 20.2 Å². The van der Waals surface area contributed by atoms with Gasteiger partial charge in [-0.2, -0.15) is 0 Å². The smallest absolute Gasteiger partial charge is 0.338 e. The second-order valence-electron chi connectivity index (χ2n) is 4.50. The SMILES string of the molecule is COC(=O)C(C)(O)CN1CCCC(OC)C1. The van der Waals surface area contributed by atoms with E-state index in [4.69, 9.17) is 4.74 Å². The average molecular weight is 231 g/mol. The highest BCUT2D eigenvalue weighted by molar-refractivity contribution is 5.78. The van der Waals surface area contributed by atoms with Gasteiger partial charge >= 0.3 is 5.97 Å². The zero-order valence-electron chi connectivity index (χ0n) is 10.2. The standard InChI is InChI=1S/C11H21NO4/c1-11(14,10(13)16-3)8-12-6-4-5-9(7-12)15-2/h9,14H,4-8H2,1-3H3. The maximum Gasteiger partial charge on any atom is 0.338 e. The van der Waals surface area contributed by atoms with Gasteiger partial charge in [0.1, 0.15) is 0 Å². The van der Waals surface area contributed by atoms with Crippen LogP contribution in [0.3, 0.4) is 0 Å². The van der Waals surface area contributed by atoms with Crippen LogP contribution in [-0.4, -0.2) is 61.5 Å². The summed E-state index contributed by atoms with van der Waals surface area (Å²) in [5.74, 6) is -0.591. The fourth-order valence-electron chi connectivity index (χ4n) is 2.07. The predicted octanol–water partition coefficient (Wildman–Crippen LogP) is 0.0212. The van der Waals surface area contributed by atoms with E-state index in [9.17, 15) is 9.90 Å². The number of rotatable bonds is 4. The third-order valence-electron chi connectivity index (χ3n) is 2.95. The fourth-order valence-corrected chi connectivity index (χ4v) is 2.07. The molecule has 5 nitrogen and oxygen atoms in total. The van der Waals surface area contributed by atoms with E-state index in [-0.39, 0.29) is 6.10 Å².